The van der Waals surface area contributed by atoms with Crippen LogP contribution < -0.4 is 26.8 Å². The minimum Gasteiger partial charge on any atom is -0.385 e. The highest BCUT2D eigenvalue weighted by Crippen LogP contribution is 2.41. The van der Waals surface area contributed by atoms with Crippen molar-refractivity contribution in [2.24, 2.45) is 17.6 Å². The molecule has 2 aliphatic rings. The monoisotopic (exact) mass is 565 g/mol. The zero-order chi connectivity index (χ0) is 28.7. The van der Waals surface area contributed by atoms with Gasteiger partial charge in [-0.15, -0.1) is 0 Å². The van der Waals surface area contributed by atoms with E-state index in [4.69, 9.17) is 15.2 Å². The van der Waals surface area contributed by atoms with E-state index in [1.54, 1.807) is 13.2 Å². The van der Waals surface area contributed by atoms with Crippen molar-refractivity contribution in [3.05, 3.63) is 55.8 Å². The highest BCUT2D eigenvalue weighted by Gasteiger charge is 2.39. The van der Waals surface area contributed by atoms with Gasteiger partial charge in [-0.05, 0) is 43.2 Å². The molecule has 0 radical (unpaired) electrons. The number of piperidine rings is 1. The summed E-state index contributed by atoms with van der Waals surface area (Å²) in [7, 11) is 1.57. The Labute approximate surface area is 233 Å². The second kappa shape index (κ2) is 14.0. The number of anilines is 2. The molecule has 1 aliphatic carbocycles. The summed E-state index contributed by atoms with van der Waals surface area (Å²) in [6, 6.07) is 5.42. The molecule has 2 aromatic rings. The van der Waals surface area contributed by atoms with Crippen molar-refractivity contribution in [1.29, 1.82) is 0 Å². The first-order chi connectivity index (χ1) is 19.2. The van der Waals surface area contributed by atoms with Gasteiger partial charge in [-0.25, -0.2) is 0 Å². The molecule has 1 heterocycles. The summed E-state index contributed by atoms with van der Waals surface area (Å²) in [5, 5.41) is 3.28. The number of rotatable bonds is 13. The van der Waals surface area contributed by atoms with Gasteiger partial charge < -0.3 is 25.4 Å². The molecular formula is C30H42F3N3O4. The van der Waals surface area contributed by atoms with Crippen LogP contribution >= 0.6 is 0 Å². The minimum absolute atomic E-state index is 0.0956. The average Bonchev–Trinajstić information content (AvgIpc) is 2.96. The molecule has 0 unspecified atom stereocenters. The highest BCUT2D eigenvalue weighted by molar-refractivity contribution is 5.75. The van der Waals surface area contributed by atoms with Crippen LogP contribution in [0.25, 0.3) is 0 Å². The maximum atomic E-state index is 14.0. The lowest BCUT2D eigenvalue weighted by atomic mass is 9.84. The van der Waals surface area contributed by atoms with E-state index < -0.39 is 28.7 Å². The fourth-order valence-electron chi connectivity index (χ4n) is 6.42. The molecule has 0 spiro atoms. The summed E-state index contributed by atoms with van der Waals surface area (Å²) in [6.45, 7) is 1.89. The molecule has 2 aromatic carbocycles. The topological polar surface area (TPSA) is 93.9 Å². The lowest BCUT2D eigenvalue weighted by Crippen LogP contribution is -2.49. The summed E-state index contributed by atoms with van der Waals surface area (Å²) in [5.41, 5.74) is 4.96. The van der Waals surface area contributed by atoms with Gasteiger partial charge in [-0.1, -0.05) is 50.3 Å². The Morgan fingerprint density at radius 3 is 2.50 bits per heavy atom. The number of alkyl halides is 3. The molecule has 0 aromatic heterocycles. The van der Waals surface area contributed by atoms with E-state index in [9.17, 15) is 22.8 Å². The Kier molecular flexibility index (Phi) is 10.7. The number of nitrogens with one attached hydrogen (secondary N) is 1. The molecular weight excluding hydrogens is 523 g/mol. The van der Waals surface area contributed by atoms with E-state index in [2.05, 4.69) is 5.32 Å². The minimum atomic E-state index is -4.52. The van der Waals surface area contributed by atoms with Gasteiger partial charge in [-0.3, -0.25) is 9.59 Å². The van der Waals surface area contributed by atoms with Crippen LogP contribution in [-0.4, -0.2) is 46.0 Å². The molecule has 1 saturated carbocycles. The smallest absolute Gasteiger partial charge is 0.385 e. The van der Waals surface area contributed by atoms with Gasteiger partial charge in [0, 0.05) is 51.9 Å². The van der Waals surface area contributed by atoms with Crippen molar-refractivity contribution in [1.82, 2.24) is 0 Å². The van der Waals surface area contributed by atoms with Crippen LogP contribution in [0.2, 0.25) is 0 Å². The lowest BCUT2D eigenvalue weighted by Gasteiger charge is -2.40. The Morgan fingerprint density at radius 2 is 1.80 bits per heavy atom. The van der Waals surface area contributed by atoms with E-state index in [0.717, 1.165) is 25.3 Å². The fraction of sp³-hybridized carbons (Fsp3) is 0.667. The third-order valence-electron chi connectivity index (χ3n) is 8.43. The number of benzene rings is 1. The van der Waals surface area contributed by atoms with Gasteiger partial charge in [-0.2, -0.15) is 13.2 Å². The van der Waals surface area contributed by atoms with Crippen molar-refractivity contribution in [3.8, 4) is 0 Å². The molecule has 3 atom stereocenters. The molecule has 10 heteroatoms. The Balaban J connectivity index is 1.54. The normalized spacial score (nSPS) is 20.5. The van der Waals surface area contributed by atoms with Crippen LogP contribution in [0.15, 0.2) is 33.9 Å². The number of halogens is 3. The third-order valence-corrected chi connectivity index (χ3v) is 8.43. The molecule has 222 valence electrons. The van der Waals surface area contributed by atoms with Crippen molar-refractivity contribution in [3.63, 3.8) is 0 Å². The van der Waals surface area contributed by atoms with Crippen LogP contribution in [0.5, 0.6) is 0 Å². The molecule has 0 amide bonds. The van der Waals surface area contributed by atoms with Gasteiger partial charge >= 0.3 is 6.18 Å². The fourth-order valence-corrected chi connectivity index (χ4v) is 6.42. The van der Waals surface area contributed by atoms with Crippen LogP contribution in [0, 0.1) is 11.8 Å². The predicted molar refractivity (Wildman–Crippen MR) is 151 cm³/mol. The molecule has 4 rings (SSSR count). The van der Waals surface area contributed by atoms with Gasteiger partial charge in [0.05, 0.1) is 11.7 Å². The first-order valence-electron chi connectivity index (χ1n) is 14.6. The van der Waals surface area contributed by atoms with Gasteiger partial charge in [0.1, 0.15) is 11.4 Å². The third kappa shape index (κ3) is 7.25. The molecule has 0 bridgehead atoms. The van der Waals surface area contributed by atoms with Gasteiger partial charge in [0.15, 0.2) is 0 Å². The molecule has 2 fully saturated rings. The Morgan fingerprint density at radius 1 is 1.05 bits per heavy atom. The summed E-state index contributed by atoms with van der Waals surface area (Å²) in [6.07, 6.45) is 3.32. The van der Waals surface area contributed by atoms with Crippen molar-refractivity contribution >= 4 is 11.4 Å². The highest BCUT2D eigenvalue weighted by atomic mass is 19.4. The van der Waals surface area contributed by atoms with Gasteiger partial charge in [0.25, 0.3) is 10.9 Å². The summed E-state index contributed by atoms with van der Waals surface area (Å²) < 4.78 is 53.1. The van der Waals surface area contributed by atoms with Crippen LogP contribution in [0.3, 0.4) is 0 Å². The number of hydrogen-bond acceptors (Lipinski definition) is 7. The van der Waals surface area contributed by atoms with E-state index in [0.29, 0.717) is 62.8 Å². The zero-order valence-corrected chi connectivity index (χ0v) is 23.3. The molecule has 40 heavy (non-hydrogen) atoms. The van der Waals surface area contributed by atoms with Crippen LogP contribution in [0.1, 0.15) is 75.0 Å². The SMILES string of the molecule is COCCCO[C@@H](c1ccccc1C(F)(F)F)[C@@H]1CCCN(c2c(N[C@H](CN)CC3CCCCC3)c(=O)c2=O)C1. The second-order valence-corrected chi connectivity index (χ2v) is 11.3. The van der Waals surface area contributed by atoms with Crippen molar-refractivity contribution in [2.45, 2.75) is 76.1 Å². The molecule has 1 saturated heterocycles. The number of ether oxygens (including phenoxy) is 2. The Bertz CT molecular complexity index is 1160. The molecule has 1 aliphatic heterocycles. The quantitative estimate of drug-likeness (QED) is 0.260. The molecule has 7 nitrogen and oxygen atoms in total. The van der Waals surface area contributed by atoms with E-state index in [1.165, 1.54) is 31.4 Å². The number of hydrogen-bond donors (Lipinski definition) is 2. The van der Waals surface area contributed by atoms with Crippen LogP contribution in [0.4, 0.5) is 24.5 Å². The van der Waals surface area contributed by atoms with Gasteiger partial charge in [0.2, 0.25) is 0 Å². The standard InChI is InChI=1S/C30H42F3N3O4/c1-39-15-8-16-40-29(23-12-5-6-13-24(23)30(31,32)33)21-11-7-14-36(19-21)26-25(27(37)28(26)38)35-22(18-34)17-20-9-3-2-4-10-20/h5-6,12-13,20-22,29,35H,2-4,7-11,14-19,34H2,1H3/t21-,22+,29-/m1/s1. The average molecular weight is 566 g/mol. The number of nitrogens with two attached hydrogens (primary N) is 1. The van der Waals surface area contributed by atoms with Crippen LogP contribution in [-0.2, 0) is 15.7 Å². The van der Waals surface area contributed by atoms with Crippen molar-refractivity contribution < 1.29 is 22.6 Å². The summed E-state index contributed by atoms with van der Waals surface area (Å²) >= 11 is 0. The number of methoxy groups -OCH3 is 1. The largest absolute Gasteiger partial charge is 0.416 e. The lowest BCUT2D eigenvalue weighted by molar-refractivity contribution is -0.140. The molecule has 3 N–H and O–H groups in total. The summed E-state index contributed by atoms with van der Waals surface area (Å²) in [4.78, 5) is 27.3. The maximum Gasteiger partial charge on any atom is 0.416 e. The summed E-state index contributed by atoms with van der Waals surface area (Å²) in [5.74, 6) is 0.249. The first-order valence-corrected chi connectivity index (χ1v) is 14.6. The first kappa shape index (κ1) is 30.5. The predicted octanol–water partition coefficient (Wildman–Crippen LogP) is 5.02. The van der Waals surface area contributed by atoms with E-state index in [-0.39, 0.29) is 24.1 Å². The zero-order valence-electron chi connectivity index (χ0n) is 23.3. The second-order valence-electron chi connectivity index (χ2n) is 11.3. The van der Waals surface area contributed by atoms with Crippen molar-refractivity contribution in [2.75, 3.05) is 50.2 Å². The maximum absolute atomic E-state index is 14.0. The van der Waals surface area contributed by atoms with E-state index >= 15 is 0 Å². The number of nitrogens with zero attached hydrogens (tertiary/aromatic N) is 1. The Hall–Kier alpha value is -2.43. The van der Waals surface area contributed by atoms with E-state index in [1.807, 2.05) is 4.90 Å².